The molecule has 0 unspecified atom stereocenters. The number of Topliss-reactive ketones (excluding diaryl/α,β-unsaturated/α-hetero) is 1. The van der Waals surface area contributed by atoms with E-state index in [0.29, 0.717) is 11.1 Å². The molecule has 0 aliphatic heterocycles. The number of carbonyl (C=O) groups is 2. The first-order valence-electron chi connectivity index (χ1n) is 5.72. The third kappa shape index (κ3) is 5.79. The average molecular weight is 265 g/mol. The van der Waals surface area contributed by atoms with Gasteiger partial charge in [-0.1, -0.05) is 18.2 Å². The fourth-order valence-corrected chi connectivity index (χ4v) is 1.55. The second-order valence-corrected chi connectivity index (χ2v) is 4.94. The van der Waals surface area contributed by atoms with E-state index in [4.69, 9.17) is 5.11 Å². The van der Waals surface area contributed by atoms with Gasteiger partial charge in [-0.25, -0.2) is 4.79 Å². The second kappa shape index (κ2) is 7.84. The normalized spacial score (nSPS) is 9.21. The Morgan fingerprint density at radius 2 is 1.68 bits per heavy atom. The number of aromatic carboxylic acids is 1. The first kappa shape index (κ1) is 15.6. The Kier molecular flexibility index (Phi) is 6.42. The van der Waals surface area contributed by atoms with E-state index in [2.05, 4.69) is 4.98 Å². The number of pyridine rings is 1. The minimum Gasteiger partial charge on any atom is -0.478 e. The molecule has 92 valence electrons. The van der Waals surface area contributed by atoms with Crippen molar-refractivity contribution in [3.63, 3.8) is 0 Å². The van der Waals surface area contributed by atoms with Gasteiger partial charge in [0.2, 0.25) is 0 Å². The van der Waals surface area contributed by atoms with E-state index < -0.39 is 5.97 Å². The van der Waals surface area contributed by atoms with Crippen LogP contribution < -0.4 is 2.94 Å². The maximum absolute atomic E-state index is 10.7. The van der Waals surface area contributed by atoms with Crippen molar-refractivity contribution < 1.29 is 14.7 Å². The standard InChI is InChI=1S/C7H6NO.C7H6O2.Na/c1-6(9)7-3-2-4-8-5-7;8-7(9)6-4-2-1-3-5-6;/h2-3,5H,1H3;1-5H,(H,8,9);. The van der Waals surface area contributed by atoms with Crippen LogP contribution in [0.1, 0.15) is 27.6 Å². The quantitative estimate of drug-likeness (QED) is 0.659. The Labute approximate surface area is 128 Å². The Balaban J connectivity index is 0.000000191. The third-order valence-electron chi connectivity index (χ3n) is 2.34. The molecular formula is C14H12NNaO3. The van der Waals surface area contributed by atoms with Crippen molar-refractivity contribution in [2.75, 3.05) is 0 Å². The molecule has 1 aromatic heterocycles. The molecule has 19 heavy (non-hydrogen) atoms. The number of carboxylic acids is 1. The van der Waals surface area contributed by atoms with Crippen LogP contribution in [0.4, 0.5) is 0 Å². The molecule has 0 aliphatic carbocycles. The van der Waals surface area contributed by atoms with Gasteiger partial charge in [-0.3, -0.25) is 0 Å². The van der Waals surface area contributed by atoms with E-state index in [0.717, 1.165) is 30.9 Å². The van der Waals surface area contributed by atoms with Gasteiger partial charge in [-0.15, -0.1) is 0 Å². The maximum atomic E-state index is 10.7. The molecule has 2 rings (SSSR count). The van der Waals surface area contributed by atoms with Crippen LogP contribution in [0.5, 0.6) is 0 Å². The number of hydrogen-bond acceptors (Lipinski definition) is 3. The van der Waals surface area contributed by atoms with Gasteiger partial charge < -0.3 is 5.11 Å². The minimum absolute atomic E-state index is 0.0779. The van der Waals surface area contributed by atoms with Crippen LogP contribution in [0, 0.1) is 0 Å². The van der Waals surface area contributed by atoms with E-state index in [1.54, 1.807) is 43.5 Å². The van der Waals surface area contributed by atoms with Crippen molar-refractivity contribution in [2.45, 2.75) is 6.92 Å². The van der Waals surface area contributed by atoms with Crippen LogP contribution >= 0.6 is 0 Å². The van der Waals surface area contributed by atoms with Gasteiger partial charge in [0.15, 0.2) is 0 Å². The van der Waals surface area contributed by atoms with Gasteiger partial charge in [0, 0.05) is 0 Å². The SMILES string of the molecule is CC(=O)c1cc[c]([Na])nc1.O=C(O)c1ccccc1. The predicted octanol–water partition coefficient (Wildman–Crippen LogP) is 1.46. The topological polar surface area (TPSA) is 67.3 Å². The number of carbonyl (C=O) groups excluding carboxylic acids is 1. The van der Waals surface area contributed by atoms with Gasteiger partial charge in [0.25, 0.3) is 0 Å². The zero-order chi connectivity index (χ0) is 14.3. The molecule has 2 aromatic rings. The van der Waals surface area contributed by atoms with Crippen LogP contribution in [-0.2, 0) is 0 Å². The number of ketones is 1. The molecule has 5 heteroatoms. The molecule has 0 aliphatic rings. The van der Waals surface area contributed by atoms with Crippen molar-refractivity contribution in [3.05, 3.63) is 59.8 Å². The summed E-state index contributed by atoms with van der Waals surface area (Å²) < 4.78 is 1.07. The zero-order valence-electron chi connectivity index (χ0n) is 10.8. The molecule has 0 bridgehead atoms. The summed E-state index contributed by atoms with van der Waals surface area (Å²) in [6.07, 6.45) is 1.63. The Hall–Kier alpha value is -1.49. The molecular weight excluding hydrogens is 253 g/mol. The monoisotopic (exact) mass is 265 g/mol. The molecule has 0 amide bonds. The van der Waals surface area contributed by atoms with Crippen LogP contribution in [0.15, 0.2) is 48.7 Å². The molecule has 1 heterocycles. The van der Waals surface area contributed by atoms with Crippen molar-refractivity contribution in [1.29, 1.82) is 0 Å². The molecule has 1 aromatic carbocycles. The summed E-state index contributed by atoms with van der Waals surface area (Å²) >= 11 is 0.945. The summed E-state index contributed by atoms with van der Waals surface area (Å²) in [5.74, 6) is -0.801. The molecule has 0 radical (unpaired) electrons. The number of hydrogen-bond donors (Lipinski definition) is 1. The summed E-state index contributed by atoms with van der Waals surface area (Å²) in [4.78, 5) is 25.0. The fourth-order valence-electron chi connectivity index (χ4n) is 1.26. The Morgan fingerprint density at radius 1 is 1.05 bits per heavy atom. The molecule has 0 atom stereocenters. The molecule has 0 saturated carbocycles. The smallest absolute Gasteiger partial charge is 0.335 e. The number of benzene rings is 1. The summed E-state index contributed by atoms with van der Waals surface area (Å²) in [5.41, 5.74) is 1.03. The number of rotatable bonds is 2. The van der Waals surface area contributed by atoms with Crippen molar-refractivity contribution >= 4 is 42.6 Å². The van der Waals surface area contributed by atoms with Crippen LogP contribution in [0.2, 0.25) is 0 Å². The third-order valence-corrected chi connectivity index (χ3v) is 2.93. The van der Waals surface area contributed by atoms with Gasteiger partial charge in [-0.05, 0) is 12.1 Å². The largest absolute Gasteiger partial charge is 0.478 e. The van der Waals surface area contributed by atoms with Crippen molar-refractivity contribution in [2.24, 2.45) is 0 Å². The number of aromatic nitrogens is 1. The molecule has 4 nitrogen and oxygen atoms in total. The van der Waals surface area contributed by atoms with Crippen LogP contribution in [0.3, 0.4) is 0 Å². The second-order valence-electron chi connectivity index (χ2n) is 3.92. The van der Waals surface area contributed by atoms with E-state index >= 15 is 0 Å². The molecule has 0 fully saturated rings. The van der Waals surface area contributed by atoms with Gasteiger partial charge in [-0.2, -0.15) is 0 Å². The first-order valence-corrected chi connectivity index (χ1v) is 6.72. The van der Waals surface area contributed by atoms with E-state index in [-0.39, 0.29) is 5.78 Å². The summed E-state index contributed by atoms with van der Waals surface area (Å²) in [6.45, 7) is 1.55. The van der Waals surface area contributed by atoms with E-state index in [1.165, 1.54) is 0 Å². The van der Waals surface area contributed by atoms with E-state index in [9.17, 15) is 9.59 Å². The Bertz CT molecular complexity index is 553. The van der Waals surface area contributed by atoms with Crippen LogP contribution in [-0.4, -0.2) is 49.8 Å². The summed E-state index contributed by atoms with van der Waals surface area (Å²) in [5, 5.41) is 8.38. The predicted molar refractivity (Wildman–Crippen MR) is 73.0 cm³/mol. The maximum Gasteiger partial charge on any atom is 0.335 e. The summed E-state index contributed by atoms with van der Waals surface area (Å²) in [7, 11) is 0. The minimum atomic E-state index is -0.879. The van der Waals surface area contributed by atoms with Crippen molar-refractivity contribution in [3.8, 4) is 0 Å². The van der Waals surface area contributed by atoms with Gasteiger partial charge in [0.1, 0.15) is 0 Å². The number of carboxylic acid groups (broad SMARTS) is 1. The van der Waals surface area contributed by atoms with Gasteiger partial charge >= 0.3 is 83.2 Å². The molecule has 1 N–H and O–H groups in total. The van der Waals surface area contributed by atoms with Crippen LogP contribution in [0.25, 0.3) is 0 Å². The average Bonchev–Trinajstić information content (AvgIpc) is 2.41. The first-order chi connectivity index (χ1) is 9.00. The summed E-state index contributed by atoms with van der Waals surface area (Å²) in [6, 6.07) is 12.0. The van der Waals surface area contributed by atoms with Crippen molar-refractivity contribution in [1.82, 2.24) is 4.98 Å². The molecule has 0 spiro atoms. The van der Waals surface area contributed by atoms with E-state index in [1.807, 2.05) is 12.1 Å². The fraction of sp³-hybridized carbons (Fsp3) is 0.0714. The molecule has 0 saturated heterocycles. The Morgan fingerprint density at radius 3 is 2.05 bits per heavy atom. The number of nitrogens with zero attached hydrogens (tertiary/aromatic N) is 1. The zero-order valence-corrected chi connectivity index (χ0v) is 12.8. The van der Waals surface area contributed by atoms with Gasteiger partial charge in [0.05, 0.1) is 5.56 Å².